The van der Waals surface area contributed by atoms with Crippen LogP contribution < -0.4 is 10.6 Å². The quantitative estimate of drug-likeness (QED) is 0.816. The van der Waals surface area contributed by atoms with Crippen LogP contribution in [0.25, 0.3) is 11.3 Å². The first-order valence-corrected chi connectivity index (χ1v) is 10.0. The first-order valence-electron chi connectivity index (χ1n) is 10.0. The van der Waals surface area contributed by atoms with E-state index < -0.39 is 0 Å². The Morgan fingerprint density at radius 1 is 1.11 bits per heavy atom. The van der Waals surface area contributed by atoms with E-state index in [2.05, 4.69) is 47.9 Å². The number of benzene rings is 1. The summed E-state index contributed by atoms with van der Waals surface area (Å²) in [6.07, 6.45) is 9.43. The van der Waals surface area contributed by atoms with Crippen molar-refractivity contribution < 1.29 is 4.74 Å². The van der Waals surface area contributed by atoms with Gasteiger partial charge in [-0.2, -0.15) is 0 Å². The van der Waals surface area contributed by atoms with Crippen LogP contribution in [0.2, 0.25) is 0 Å². The molecule has 0 amide bonds. The van der Waals surface area contributed by atoms with Gasteiger partial charge >= 0.3 is 0 Å². The number of anilines is 1. The second-order valence-electron chi connectivity index (χ2n) is 7.74. The van der Waals surface area contributed by atoms with E-state index in [1.165, 1.54) is 0 Å². The molecule has 1 aromatic heterocycles. The van der Waals surface area contributed by atoms with E-state index in [0.29, 0.717) is 5.92 Å². The number of hydrogen-bond donors (Lipinski definition) is 2. The average molecular weight is 377 g/mol. The molecule has 28 heavy (non-hydrogen) atoms. The van der Waals surface area contributed by atoms with Gasteiger partial charge in [-0.05, 0) is 39.3 Å². The molecule has 2 heterocycles. The Bertz CT molecular complexity index is 871. The zero-order valence-electron chi connectivity index (χ0n) is 16.6. The summed E-state index contributed by atoms with van der Waals surface area (Å²) in [7, 11) is 1.99. The van der Waals surface area contributed by atoms with Crippen molar-refractivity contribution in [2.24, 2.45) is 0 Å². The van der Waals surface area contributed by atoms with Crippen molar-refractivity contribution in [2.75, 3.05) is 25.6 Å². The van der Waals surface area contributed by atoms with E-state index in [-0.39, 0.29) is 5.54 Å². The van der Waals surface area contributed by atoms with Gasteiger partial charge in [-0.15, -0.1) is 0 Å². The molecule has 1 aliphatic heterocycles. The summed E-state index contributed by atoms with van der Waals surface area (Å²) >= 11 is 0. The SMILES string of the molecule is CNC1(C)C=CC(Nc2cc(-c3ccccc3)nc(C3CCOCC3)n2)=CC1. The fourth-order valence-electron chi connectivity index (χ4n) is 3.58. The number of allylic oxidation sites excluding steroid dienone is 1. The molecule has 2 aliphatic rings. The van der Waals surface area contributed by atoms with Gasteiger partial charge in [0, 0.05) is 42.0 Å². The highest BCUT2D eigenvalue weighted by Gasteiger charge is 2.22. The van der Waals surface area contributed by atoms with Crippen LogP contribution in [0.5, 0.6) is 0 Å². The first-order chi connectivity index (χ1) is 13.6. The van der Waals surface area contributed by atoms with Crippen molar-refractivity contribution in [1.82, 2.24) is 15.3 Å². The van der Waals surface area contributed by atoms with Crippen LogP contribution in [-0.2, 0) is 4.74 Å². The largest absolute Gasteiger partial charge is 0.381 e. The summed E-state index contributed by atoms with van der Waals surface area (Å²) in [5.74, 6) is 2.10. The number of ether oxygens (including phenoxy) is 1. The highest BCUT2D eigenvalue weighted by atomic mass is 16.5. The summed E-state index contributed by atoms with van der Waals surface area (Å²) in [6.45, 7) is 3.75. The summed E-state index contributed by atoms with van der Waals surface area (Å²) < 4.78 is 5.52. The number of rotatable bonds is 5. The molecule has 4 rings (SSSR count). The van der Waals surface area contributed by atoms with Gasteiger partial charge in [0.2, 0.25) is 0 Å². The second-order valence-corrected chi connectivity index (χ2v) is 7.74. The van der Waals surface area contributed by atoms with Crippen LogP contribution in [0.15, 0.2) is 60.3 Å². The van der Waals surface area contributed by atoms with E-state index in [1.807, 2.05) is 31.3 Å². The highest BCUT2D eigenvalue weighted by Crippen LogP contribution is 2.29. The zero-order valence-corrected chi connectivity index (χ0v) is 16.6. The number of aromatic nitrogens is 2. The number of hydrogen-bond acceptors (Lipinski definition) is 5. The maximum absolute atomic E-state index is 5.52. The maximum Gasteiger partial charge on any atom is 0.134 e. The lowest BCUT2D eigenvalue weighted by atomic mass is 9.93. The van der Waals surface area contributed by atoms with Crippen molar-refractivity contribution >= 4 is 5.82 Å². The lowest BCUT2D eigenvalue weighted by Gasteiger charge is -2.27. The molecular formula is C23H28N4O. The molecule has 1 fully saturated rings. The van der Waals surface area contributed by atoms with Gasteiger partial charge in [-0.25, -0.2) is 9.97 Å². The smallest absolute Gasteiger partial charge is 0.134 e. The minimum atomic E-state index is 0.0132. The molecule has 0 bridgehead atoms. The lowest BCUT2D eigenvalue weighted by Crippen LogP contribution is -2.38. The Balaban J connectivity index is 1.63. The van der Waals surface area contributed by atoms with E-state index in [9.17, 15) is 0 Å². The second kappa shape index (κ2) is 8.25. The Morgan fingerprint density at radius 2 is 1.89 bits per heavy atom. The molecule has 1 atom stereocenters. The Labute approximate surface area is 166 Å². The molecule has 0 spiro atoms. The molecule has 1 saturated heterocycles. The van der Waals surface area contributed by atoms with E-state index >= 15 is 0 Å². The van der Waals surface area contributed by atoms with Crippen LogP contribution in [0.4, 0.5) is 5.82 Å². The average Bonchev–Trinajstić information content (AvgIpc) is 2.76. The molecular weight excluding hydrogens is 348 g/mol. The van der Waals surface area contributed by atoms with E-state index in [1.54, 1.807) is 0 Å². The summed E-state index contributed by atoms with van der Waals surface area (Å²) in [6, 6.07) is 12.3. The van der Waals surface area contributed by atoms with Crippen molar-refractivity contribution in [2.45, 2.75) is 37.6 Å². The number of nitrogens with one attached hydrogen (secondary N) is 2. The Hall–Kier alpha value is -2.50. The van der Waals surface area contributed by atoms with Gasteiger partial charge in [0.15, 0.2) is 0 Å². The van der Waals surface area contributed by atoms with Crippen molar-refractivity contribution in [3.05, 3.63) is 66.1 Å². The third-order valence-electron chi connectivity index (χ3n) is 5.62. The van der Waals surface area contributed by atoms with Gasteiger partial charge in [0.1, 0.15) is 11.6 Å². The van der Waals surface area contributed by atoms with Crippen LogP contribution >= 0.6 is 0 Å². The van der Waals surface area contributed by atoms with Crippen LogP contribution in [0.3, 0.4) is 0 Å². The molecule has 2 aromatic rings. The first kappa shape index (κ1) is 18.8. The van der Waals surface area contributed by atoms with Crippen LogP contribution in [0, 0.1) is 0 Å². The fourth-order valence-corrected chi connectivity index (χ4v) is 3.58. The molecule has 5 heteroatoms. The van der Waals surface area contributed by atoms with Gasteiger partial charge in [-0.3, -0.25) is 0 Å². The zero-order chi connectivity index (χ0) is 19.4. The minimum Gasteiger partial charge on any atom is -0.381 e. The van der Waals surface area contributed by atoms with Crippen LogP contribution in [-0.4, -0.2) is 35.8 Å². The monoisotopic (exact) mass is 376 g/mol. The normalized spacial score (nSPS) is 22.7. The van der Waals surface area contributed by atoms with Gasteiger partial charge in [0.25, 0.3) is 0 Å². The predicted molar refractivity (Wildman–Crippen MR) is 113 cm³/mol. The van der Waals surface area contributed by atoms with E-state index in [0.717, 1.165) is 61.1 Å². The Kier molecular flexibility index (Phi) is 5.55. The van der Waals surface area contributed by atoms with Crippen molar-refractivity contribution in [1.29, 1.82) is 0 Å². The third-order valence-corrected chi connectivity index (χ3v) is 5.62. The molecule has 0 radical (unpaired) electrons. The minimum absolute atomic E-state index is 0.0132. The topological polar surface area (TPSA) is 59.1 Å². The molecule has 1 unspecified atom stereocenters. The fraction of sp³-hybridized carbons (Fsp3) is 0.391. The van der Waals surface area contributed by atoms with Crippen molar-refractivity contribution in [3.8, 4) is 11.3 Å². The summed E-state index contributed by atoms with van der Waals surface area (Å²) in [5, 5.41) is 6.85. The lowest BCUT2D eigenvalue weighted by molar-refractivity contribution is 0.0836. The predicted octanol–water partition coefficient (Wildman–Crippen LogP) is 4.27. The standard InChI is InChI=1S/C23H28N4O/c1-23(24-2)12-8-19(9-13-23)25-21-16-20(17-6-4-3-5-7-17)26-22(27-21)18-10-14-28-15-11-18/h3-9,12,16,18,24H,10-11,13-15H2,1-2H3,(H,25,26,27). The molecule has 2 N–H and O–H groups in total. The Morgan fingerprint density at radius 3 is 2.57 bits per heavy atom. The van der Waals surface area contributed by atoms with Crippen LogP contribution in [0.1, 0.15) is 37.9 Å². The van der Waals surface area contributed by atoms with E-state index in [4.69, 9.17) is 14.7 Å². The van der Waals surface area contributed by atoms with Gasteiger partial charge < -0.3 is 15.4 Å². The molecule has 1 aromatic carbocycles. The highest BCUT2D eigenvalue weighted by molar-refractivity contribution is 5.63. The number of nitrogens with zero attached hydrogens (tertiary/aromatic N) is 2. The molecule has 146 valence electrons. The molecule has 1 aliphatic carbocycles. The van der Waals surface area contributed by atoms with Gasteiger partial charge in [-0.1, -0.05) is 42.5 Å². The molecule has 5 nitrogen and oxygen atoms in total. The summed E-state index contributed by atoms with van der Waals surface area (Å²) in [4.78, 5) is 9.77. The number of likely N-dealkylation sites (N-methyl/N-ethyl adjacent to an activating group) is 1. The van der Waals surface area contributed by atoms with Gasteiger partial charge in [0.05, 0.1) is 5.69 Å². The maximum atomic E-state index is 5.52. The molecule has 0 saturated carbocycles. The van der Waals surface area contributed by atoms with Crippen molar-refractivity contribution in [3.63, 3.8) is 0 Å². The summed E-state index contributed by atoms with van der Waals surface area (Å²) in [5.41, 5.74) is 3.15. The third kappa shape index (κ3) is 4.32.